The Labute approximate surface area is 149 Å². The minimum atomic E-state index is -0.531. The van der Waals surface area contributed by atoms with Crippen LogP contribution >= 0.6 is 0 Å². The molecule has 0 aromatic carbocycles. The van der Waals surface area contributed by atoms with Crippen molar-refractivity contribution < 1.29 is 9.90 Å². The van der Waals surface area contributed by atoms with Crippen molar-refractivity contribution in [2.75, 3.05) is 6.54 Å². The lowest BCUT2D eigenvalue weighted by Crippen LogP contribution is -2.39. The van der Waals surface area contributed by atoms with Gasteiger partial charge >= 0.3 is 0 Å². The number of aliphatic hydroxyl groups excluding tert-OH is 1. The van der Waals surface area contributed by atoms with Gasteiger partial charge in [-0.1, -0.05) is 0 Å². The lowest BCUT2D eigenvalue weighted by atomic mass is 10.1. The lowest BCUT2D eigenvalue weighted by molar-refractivity contribution is 0.0704. The fraction of sp³-hybridized carbons (Fsp3) is 0.444. The SMILES string of the molecule is Cc1[nH]c(=O)c(C#N)cc1C(=O)N1CCn2nc([C@@H](O)C3CC3)cc2C1. The molecule has 8 nitrogen and oxygen atoms in total. The molecule has 1 aliphatic carbocycles. The maximum atomic E-state index is 12.9. The van der Waals surface area contributed by atoms with E-state index < -0.39 is 11.7 Å². The topological polar surface area (TPSA) is 115 Å². The summed E-state index contributed by atoms with van der Waals surface area (Å²) in [5.41, 5.74) is 1.76. The van der Waals surface area contributed by atoms with E-state index in [1.807, 2.05) is 16.8 Å². The zero-order valence-corrected chi connectivity index (χ0v) is 14.4. The Morgan fingerprint density at radius 2 is 2.19 bits per heavy atom. The van der Waals surface area contributed by atoms with E-state index in [0.29, 0.717) is 42.5 Å². The van der Waals surface area contributed by atoms with Crippen LogP contribution < -0.4 is 5.56 Å². The Bertz CT molecular complexity index is 980. The molecule has 1 fully saturated rings. The number of aromatic nitrogens is 3. The molecular weight excluding hydrogens is 334 g/mol. The Morgan fingerprint density at radius 1 is 1.42 bits per heavy atom. The highest BCUT2D eigenvalue weighted by Crippen LogP contribution is 2.40. The minimum Gasteiger partial charge on any atom is -0.386 e. The number of rotatable bonds is 3. The standard InChI is InChI=1S/C18H19N5O3/c1-10-14(6-12(8-19)17(25)20-10)18(26)22-4-5-23-13(9-22)7-15(21-23)16(24)11-2-3-11/h6-7,11,16,24H,2-5,9H2,1H3,(H,20,25)/t16-/m0/s1. The van der Waals surface area contributed by atoms with Crippen molar-refractivity contribution >= 4 is 5.91 Å². The number of pyridine rings is 1. The van der Waals surface area contributed by atoms with Crippen LogP contribution in [0, 0.1) is 24.2 Å². The van der Waals surface area contributed by atoms with Gasteiger partial charge in [0.25, 0.3) is 11.5 Å². The monoisotopic (exact) mass is 353 g/mol. The smallest absolute Gasteiger partial charge is 0.266 e. The summed E-state index contributed by atoms with van der Waals surface area (Å²) in [4.78, 5) is 28.8. The Balaban J connectivity index is 1.58. The average molecular weight is 353 g/mol. The summed E-state index contributed by atoms with van der Waals surface area (Å²) in [5.74, 6) is 0.0740. The van der Waals surface area contributed by atoms with Gasteiger partial charge < -0.3 is 15.0 Å². The van der Waals surface area contributed by atoms with Gasteiger partial charge in [-0.3, -0.25) is 14.3 Å². The van der Waals surface area contributed by atoms with E-state index in [9.17, 15) is 14.7 Å². The molecule has 2 aromatic rings. The minimum absolute atomic E-state index is 0.0733. The van der Waals surface area contributed by atoms with Gasteiger partial charge in [-0.25, -0.2) is 0 Å². The van der Waals surface area contributed by atoms with Gasteiger partial charge in [0.1, 0.15) is 17.7 Å². The summed E-state index contributed by atoms with van der Waals surface area (Å²) < 4.78 is 1.84. The van der Waals surface area contributed by atoms with Crippen molar-refractivity contribution in [3.05, 3.63) is 50.7 Å². The summed E-state index contributed by atoms with van der Waals surface area (Å²) in [7, 11) is 0. The summed E-state index contributed by atoms with van der Waals surface area (Å²) in [6.07, 6.45) is 1.53. The van der Waals surface area contributed by atoms with Crippen molar-refractivity contribution in [2.45, 2.75) is 39.0 Å². The largest absolute Gasteiger partial charge is 0.386 e. The van der Waals surface area contributed by atoms with Crippen LogP contribution in [0.4, 0.5) is 0 Å². The molecular formula is C18H19N5O3. The molecule has 26 heavy (non-hydrogen) atoms. The number of carbonyl (C=O) groups excluding carboxylic acids is 1. The highest BCUT2D eigenvalue weighted by molar-refractivity contribution is 5.95. The third-order valence-electron chi connectivity index (χ3n) is 5.06. The van der Waals surface area contributed by atoms with Gasteiger partial charge in [0.05, 0.1) is 30.0 Å². The van der Waals surface area contributed by atoms with E-state index in [-0.39, 0.29) is 11.5 Å². The van der Waals surface area contributed by atoms with Gasteiger partial charge in [0, 0.05) is 12.2 Å². The number of nitrogens with one attached hydrogen (secondary N) is 1. The van der Waals surface area contributed by atoms with Crippen LogP contribution in [-0.2, 0) is 13.1 Å². The van der Waals surface area contributed by atoms with Crippen molar-refractivity contribution in [1.82, 2.24) is 19.7 Å². The molecule has 0 bridgehead atoms. The predicted octanol–water partition coefficient (Wildman–Crippen LogP) is 0.851. The fourth-order valence-corrected chi connectivity index (χ4v) is 3.36. The average Bonchev–Trinajstić information content (AvgIpc) is 3.39. The molecule has 4 rings (SSSR count). The van der Waals surface area contributed by atoms with Crippen molar-refractivity contribution in [2.24, 2.45) is 5.92 Å². The van der Waals surface area contributed by atoms with Crippen LogP contribution in [0.15, 0.2) is 16.9 Å². The first-order valence-corrected chi connectivity index (χ1v) is 8.66. The summed E-state index contributed by atoms with van der Waals surface area (Å²) in [5, 5.41) is 23.8. The molecule has 2 N–H and O–H groups in total. The molecule has 1 atom stereocenters. The molecule has 0 unspecified atom stereocenters. The summed E-state index contributed by atoms with van der Waals surface area (Å²) in [6, 6.07) is 5.03. The van der Waals surface area contributed by atoms with E-state index in [1.54, 1.807) is 11.8 Å². The summed E-state index contributed by atoms with van der Waals surface area (Å²) in [6.45, 7) is 3.05. The number of carbonyl (C=O) groups is 1. The number of hydrogen-bond donors (Lipinski definition) is 2. The molecule has 0 radical (unpaired) electrons. The van der Waals surface area contributed by atoms with Gasteiger partial charge in [-0.05, 0) is 37.8 Å². The Hall–Kier alpha value is -2.92. The van der Waals surface area contributed by atoms with Crippen molar-refractivity contribution in [3.8, 4) is 6.07 Å². The first-order valence-electron chi connectivity index (χ1n) is 8.66. The highest BCUT2D eigenvalue weighted by atomic mass is 16.3. The Morgan fingerprint density at radius 3 is 2.88 bits per heavy atom. The number of aromatic amines is 1. The van der Waals surface area contributed by atoms with Crippen LogP contribution in [0.1, 0.15) is 51.9 Å². The highest BCUT2D eigenvalue weighted by Gasteiger charge is 2.34. The number of hydrogen-bond acceptors (Lipinski definition) is 5. The predicted molar refractivity (Wildman–Crippen MR) is 91.2 cm³/mol. The number of aryl methyl sites for hydroxylation is 1. The lowest BCUT2D eigenvalue weighted by Gasteiger charge is -2.28. The molecule has 0 saturated heterocycles. The molecule has 1 aliphatic heterocycles. The molecule has 1 amide bonds. The number of nitriles is 1. The Kier molecular flexibility index (Phi) is 3.89. The molecule has 8 heteroatoms. The van der Waals surface area contributed by atoms with Crippen LogP contribution in [0.5, 0.6) is 0 Å². The molecule has 0 spiro atoms. The third kappa shape index (κ3) is 2.80. The van der Waals surface area contributed by atoms with Crippen LogP contribution in [0.25, 0.3) is 0 Å². The van der Waals surface area contributed by atoms with Crippen molar-refractivity contribution in [1.29, 1.82) is 5.26 Å². The number of nitrogens with zero attached hydrogens (tertiary/aromatic N) is 4. The summed E-state index contributed by atoms with van der Waals surface area (Å²) >= 11 is 0. The van der Waals surface area contributed by atoms with Gasteiger partial charge in [0.15, 0.2) is 0 Å². The normalized spacial score (nSPS) is 17.5. The second kappa shape index (κ2) is 6.11. The third-order valence-corrected chi connectivity index (χ3v) is 5.06. The molecule has 1 saturated carbocycles. The molecule has 134 valence electrons. The van der Waals surface area contributed by atoms with Gasteiger partial charge in [-0.15, -0.1) is 0 Å². The molecule has 2 aromatic heterocycles. The van der Waals surface area contributed by atoms with Crippen LogP contribution in [0.3, 0.4) is 0 Å². The van der Waals surface area contributed by atoms with Crippen LogP contribution in [-0.4, -0.2) is 37.2 Å². The van der Waals surface area contributed by atoms with E-state index in [1.165, 1.54) is 6.07 Å². The van der Waals surface area contributed by atoms with Gasteiger partial charge in [-0.2, -0.15) is 10.4 Å². The number of H-pyrrole nitrogens is 1. The number of amides is 1. The second-order valence-corrected chi connectivity index (χ2v) is 6.96. The van der Waals surface area contributed by atoms with E-state index in [2.05, 4.69) is 10.1 Å². The fourth-order valence-electron chi connectivity index (χ4n) is 3.36. The van der Waals surface area contributed by atoms with Crippen LogP contribution in [0.2, 0.25) is 0 Å². The molecule has 2 aliphatic rings. The van der Waals surface area contributed by atoms with E-state index in [0.717, 1.165) is 18.5 Å². The first-order chi connectivity index (χ1) is 12.5. The van der Waals surface area contributed by atoms with Crippen molar-refractivity contribution in [3.63, 3.8) is 0 Å². The molecule has 3 heterocycles. The van der Waals surface area contributed by atoms with E-state index in [4.69, 9.17) is 5.26 Å². The van der Waals surface area contributed by atoms with E-state index >= 15 is 0 Å². The zero-order chi connectivity index (χ0) is 18.4. The van der Waals surface area contributed by atoms with Gasteiger partial charge in [0.2, 0.25) is 0 Å². The zero-order valence-electron chi connectivity index (χ0n) is 14.4. The number of fused-ring (bicyclic) bond motifs is 1. The maximum Gasteiger partial charge on any atom is 0.266 e. The quantitative estimate of drug-likeness (QED) is 0.849. The number of aliphatic hydroxyl groups is 1. The maximum absolute atomic E-state index is 12.9. The first kappa shape index (κ1) is 16.5. The second-order valence-electron chi connectivity index (χ2n) is 6.96.